The minimum atomic E-state index is -0.396. The summed E-state index contributed by atoms with van der Waals surface area (Å²) >= 11 is 1.89. The number of carbonyl (C=O) groups excluding carboxylic acids is 2. The highest BCUT2D eigenvalue weighted by Gasteiger charge is 2.29. The van der Waals surface area contributed by atoms with Crippen molar-refractivity contribution in [1.29, 1.82) is 0 Å². The van der Waals surface area contributed by atoms with Gasteiger partial charge in [0.15, 0.2) is 5.82 Å². The number of nitrogens with one attached hydrogen (secondary N) is 1. The van der Waals surface area contributed by atoms with Crippen LogP contribution in [0, 0.1) is 5.92 Å². The number of benzene rings is 2. The molecular weight excluding hydrogens is 594 g/mol. The summed E-state index contributed by atoms with van der Waals surface area (Å²) in [5.41, 5.74) is 9.90. The molecule has 3 amide bonds. The molecule has 1 atom stereocenters. The largest absolute Gasteiger partial charge is 0.329 e. The fourth-order valence-corrected chi connectivity index (χ4v) is 7.84. The number of imide groups is 1. The highest BCUT2D eigenvalue weighted by atomic mass is 35.5. The van der Waals surface area contributed by atoms with Gasteiger partial charge in [0, 0.05) is 56.0 Å². The lowest BCUT2D eigenvalue weighted by molar-refractivity contribution is -0.120. The first-order valence-corrected chi connectivity index (χ1v) is 16.7. The van der Waals surface area contributed by atoms with E-state index in [2.05, 4.69) is 69.0 Å². The van der Waals surface area contributed by atoms with Gasteiger partial charge in [0.2, 0.25) is 5.91 Å². The number of halogens is 1. The van der Waals surface area contributed by atoms with Crippen molar-refractivity contribution >= 4 is 53.0 Å². The van der Waals surface area contributed by atoms with Crippen LogP contribution in [0.15, 0.2) is 47.4 Å². The van der Waals surface area contributed by atoms with Crippen molar-refractivity contribution in [3.8, 4) is 0 Å². The summed E-state index contributed by atoms with van der Waals surface area (Å²) in [4.78, 5) is 29.6. The smallest absolute Gasteiger partial charge is 0.328 e. The van der Waals surface area contributed by atoms with Gasteiger partial charge in [0.25, 0.3) is 0 Å². The monoisotopic (exact) mass is 639 g/mol. The van der Waals surface area contributed by atoms with Gasteiger partial charge in [-0.1, -0.05) is 31.5 Å². The molecule has 3 N–H and O–H groups in total. The molecule has 3 aliphatic heterocycles. The molecule has 1 aromatic heterocycles. The molecule has 0 spiro atoms. The van der Waals surface area contributed by atoms with Crippen molar-refractivity contribution in [3.63, 3.8) is 0 Å². The van der Waals surface area contributed by atoms with Gasteiger partial charge in [-0.05, 0) is 104 Å². The van der Waals surface area contributed by atoms with Crippen molar-refractivity contribution in [2.45, 2.75) is 68.7 Å². The Morgan fingerprint density at radius 2 is 1.80 bits per heavy atom. The molecule has 0 bridgehead atoms. The zero-order valence-corrected chi connectivity index (χ0v) is 27.5. The number of nitrogens with zero attached hydrogens (tertiary/aromatic N) is 5. The zero-order chi connectivity index (χ0) is 29.9. The summed E-state index contributed by atoms with van der Waals surface area (Å²) in [5, 5.41) is 8.01. The normalized spacial score (nSPS) is 20.1. The molecule has 1 unspecified atom stereocenters. The Morgan fingerprint density at radius 1 is 1.02 bits per heavy atom. The van der Waals surface area contributed by atoms with E-state index in [1.807, 2.05) is 23.7 Å². The van der Waals surface area contributed by atoms with Gasteiger partial charge in [0.1, 0.15) is 0 Å². The van der Waals surface area contributed by atoms with Gasteiger partial charge in [-0.25, -0.2) is 9.10 Å². The molecule has 9 nitrogen and oxygen atoms in total. The van der Waals surface area contributed by atoms with Crippen LogP contribution in [-0.4, -0.2) is 76.2 Å². The van der Waals surface area contributed by atoms with Crippen LogP contribution in [-0.2, 0) is 18.3 Å². The number of piperidine rings is 2. The third kappa shape index (κ3) is 7.59. The van der Waals surface area contributed by atoms with Crippen LogP contribution < -0.4 is 16.0 Å². The van der Waals surface area contributed by atoms with E-state index in [1.165, 1.54) is 22.4 Å². The van der Waals surface area contributed by atoms with E-state index in [1.54, 1.807) is 4.90 Å². The van der Waals surface area contributed by atoms with Crippen molar-refractivity contribution in [1.82, 2.24) is 24.3 Å². The van der Waals surface area contributed by atoms with Gasteiger partial charge in [0.05, 0.1) is 5.52 Å². The van der Waals surface area contributed by atoms with E-state index in [4.69, 9.17) is 5.73 Å². The maximum atomic E-state index is 12.4. The molecule has 44 heavy (non-hydrogen) atoms. The Morgan fingerprint density at radius 3 is 2.52 bits per heavy atom. The van der Waals surface area contributed by atoms with Crippen molar-refractivity contribution in [3.05, 3.63) is 53.6 Å². The molecule has 0 radical (unpaired) electrons. The lowest BCUT2D eigenvalue weighted by Crippen LogP contribution is -2.49. The van der Waals surface area contributed by atoms with E-state index in [-0.39, 0.29) is 18.3 Å². The number of amides is 3. The van der Waals surface area contributed by atoms with Crippen molar-refractivity contribution < 1.29 is 9.59 Å². The fraction of sp³-hybridized carbons (Fsp3) is 0.545. The minimum absolute atomic E-state index is 0. The second kappa shape index (κ2) is 14.6. The van der Waals surface area contributed by atoms with E-state index in [0.29, 0.717) is 36.7 Å². The van der Waals surface area contributed by atoms with Crippen LogP contribution in [0.3, 0.4) is 0 Å². The molecule has 3 aromatic rings. The lowest BCUT2D eigenvalue weighted by atomic mass is 9.88. The van der Waals surface area contributed by atoms with E-state index in [9.17, 15) is 9.59 Å². The number of aromatic nitrogens is 2. The Bertz CT molecular complexity index is 1450. The number of likely N-dealkylation sites (tertiary alicyclic amines) is 1. The number of hydrogen-bond acceptors (Lipinski definition) is 7. The molecule has 3 saturated heterocycles. The maximum Gasteiger partial charge on any atom is 0.329 e. The molecule has 0 saturated carbocycles. The summed E-state index contributed by atoms with van der Waals surface area (Å²) in [5.74, 6) is 1.56. The summed E-state index contributed by atoms with van der Waals surface area (Å²) in [6.07, 6.45) is 7.07. The van der Waals surface area contributed by atoms with Crippen LogP contribution in [0.4, 0.5) is 10.6 Å². The number of urea groups is 1. The molecule has 4 heterocycles. The van der Waals surface area contributed by atoms with Gasteiger partial charge in [-0.2, -0.15) is 5.10 Å². The van der Waals surface area contributed by atoms with Gasteiger partial charge >= 0.3 is 6.03 Å². The summed E-state index contributed by atoms with van der Waals surface area (Å²) < 4.78 is 4.32. The second-order valence-electron chi connectivity index (χ2n) is 12.5. The predicted molar refractivity (Wildman–Crippen MR) is 180 cm³/mol. The van der Waals surface area contributed by atoms with Crippen LogP contribution in [0.2, 0.25) is 0 Å². The number of anilines is 1. The summed E-state index contributed by atoms with van der Waals surface area (Å²) in [7, 11) is 1.92. The number of carbonyl (C=O) groups is 2. The molecule has 3 aliphatic rings. The third-order valence-corrected chi connectivity index (χ3v) is 10.6. The predicted octanol–water partition coefficient (Wildman–Crippen LogP) is 5.32. The van der Waals surface area contributed by atoms with Crippen LogP contribution >= 0.6 is 24.4 Å². The van der Waals surface area contributed by atoms with Crippen LogP contribution in [0.1, 0.15) is 62.5 Å². The molecule has 238 valence electrons. The Labute approximate surface area is 271 Å². The van der Waals surface area contributed by atoms with Crippen LogP contribution in [0.25, 0.3) is 10.9 Å². The molecule has 2 aromatic carbocycles. The van der Waals surface area contributed by atoms with Gasteiger partial charge in [-0.15, -0.1) is 12.4 Å². The number of aryl methyl sites for hydroxylation is 1. The standard InChI is InChI=1S/C33H45N7O2S.ClH/c1-3-23(19-24-5-4-6-28(20-24)43-39-16-11-27(34)12-17-39)22-38-14-9-25(10-15-38)26-7-8-29-30(21-26)37(2)36-32(29)40-18-13-31(41)35-33(40)42;/h4-8,20-21,23,25,27H,3,9-19,22,34H2,1-2H3,(H,35,41,42);1H. The third-order valence-electron chi connectivity index (χ3n) is 9.47. The quantitative estimate of drug-likeness (QED) is 0.306. The van der Waals surface area contributed by atoms with Crippen LogP contribution in [0.5, 0.6) is 0 Å². The summed E-state index contributed by atoms with van der Waals surface area (Å²) in [6, 6.07) is 15.7. The number of fused-ring (bicyclic) bond motifs is 1. The number of nitrogens with two attached hydrogens (primary N) is 1. The zero-order valence-electron chi connectivity index (χ0n) is 25.9. The summed E-state index contributed by atoms with van der Waals surface area (Å²) in [6.45, 7) is 8.21. The average Bonchev–Trinajstić information content (AvgIpc) is 3.33. The maximum absolute atomic E-state index is 12.4. The average molecular weight is 640 g/mol. The topological polar surface area (TPSA) is 99.7 Å². The Balaban J connectivity index is 0.00000384. The number of rotatable bonds is 9. The first-order valence-electron chi connectivity index (χ1n) is 15.9. The highest BCUT2D eigenvalue weighted by Crippen LogP contribution is 2.34. The Hall–Kier alpha value is -2.63. The van der Waals surface area contributed by atoms with Gasteiger partial charge in [-0.3, -0.25) is 19.7 Å². The highest BCUT2D eigenvalue weighted by molar-refractivity contribution is 7.97. The lowest BCUT2D eigenvalue weighted by Gasteiger charge is -2.34. The Kier molecular flexibility index (Phi) is 10.9. The van der Waals surface area contributed by atoms with E-state index < -0.39 is 6.03 Å². The van der Waals surface area contributed by atoms with E-state index in [0.717, 1.165) is 75.7 Å². The molecular formula is C33H46ClN7O2S. The fourth-order valence-electron chi connectivity index (χ4n) is 6.81. The SMILES string of the molecule is CCC(Cc1cccc(SN2CCC(N)CC2)c1)CN1CCC(c2ccc3c(N4CCC(=O)NC4=O)nn(C)c3c2)CC1.Cl. The first-order chi connectivity index (χ1) is 20.9. The van der Waals surface area contributed by atoms with Crippen molar-refractivity contribution in [2.75, 3.05) is 44.2 Å². The first kappa shape index (κ1) is 32.8. The van der Waals surface area contributed by atoms with E-state index >= 15 is 0 Å². The van der Waals surface area contributed by atoms with Gasteiger partial charge < -0.3 is 10.6 Å². The molecule has 0 aliphatic carbocycles. The molecule has 11 heteroatoms. The second-order valence-corrected chi connectivity index (χ2v) is 13.7. The molecule has 3 fully saturated rings. The minimum Gasteiger partial charge on any atom is -0.328 e. The molecule has 6 rings (SSSR count). The van der Waals surface area contributed by atoms with Crippen molar-refractivity contribution in [2.24, 2.45) is 18.7 Å². The number of hydrogen-bond donors (Lipinski definition) is 2.